The first-order valence-corrected chi connectivity index (χ1v) is 9.75. The van der Waals surface area contributed by atoms with Crippen molar-refractivity contribution in [3.8, 4) is 28.6 Å². The predicted octanol–water partition coefficient (Wildman–Crippen LogP) is 2.89. The largest absolute Gasteiger partial charge is 0.507 e. The molecule has 4 atom stereocenters. The van der Waals surface area contributed by atoms with E-state index in [-0.39, 0.29) is 11.7 Å². The van der Waals surface area contributed by atoms with Gasteiger partial charge in [-0.2, -0.15) is 0 Å². The molecule has 29 heavy (non-hydrogen) atoms. The molecule has 6 rings (SSSR count). The lowest BCUT2D eigenvalue weighted by atomic mass is 9.70. The molecular weight excluding hydrogens is 373 g/mol. The van der Waals surface area contributed by atoms with Crippen LogP contribution in [0.2, 0.25) is 0 Å². The maximum Gasteiger partial charge on any atom is 0.233 e. The number of piperidine rings is 2. The number of benzene rings is 1. The van der Waals surface area contributed by atoms with Crippen LogP contribution in [-0.2, 0) is 0 Å². The molecule has 7 nitrogen and oxygen atoms in total. The molecule has 1 aromatic carbocycles. The number of nitrogens with zero attached hydrogens (tertiary/aromatic N) is 4. The van der Waals surface area contributed by atoms with E-state index in [2.05, 4.69) is 20.5 Å². The van der Waals surface area contributed by atoms with Gasteiger partial charge in [0.05, 0.1) is 23.2 Å². The summed E-state index contributed by atoms with van der Waals surface area (Å²) in [5.41, 5.74) is 1.34. The number of ether oxygens (including phenoxy) is 1. The number of rotatable bonds is 4. The average molecular weight is 395 g/mol. The second-order valence-corrected chi connectivity index (χ2v) is 8.01. The number of hydrogen-bond acceptors (Lipinski definition) is 6. The van der Waals surface area contributed by atoms with E-state index in [0.717, 1.165) is 25.1 Å². The van der Waals surface area contributed by atoms with Crippen LogP contribution >= 0.6 is 0 Å². The van der Waals surface area contributed by atoms with Crippen LogP contribution in [0.5, 0.6) is 11.6 Å². The first-order valence-electron chi connectivity index (χ1n) is 9.75. The van der Waals surface area contributed by atoms with Crippen LogP contribution in [-0.4, -0.2) is 49.2 Å². The molecule has 2 N–H and O–H groups in total. The first-order chi connectivity index (χ1) is 14.0. The van der Waals surface area contributed by atoms with Crippen LogP contribution < -0.4 is 10.1 Å². The summed E-state index contributed by atoms with van der Waals surface area (Å²) < 4.78 is 22.6. The Kier molecular flexibility index (Phi) is 4.24. The second-order valence-electron chi connectivity index (χ2n) is 8.01. The van der Waals surface area contributed by atoms with Gasteiger partial charge in [-0.3, -0.25) is 0 Å². The minimum atomic E-state index is -1.09. The maximum absolute atomic E-state index is 14.9. The summed E-state index contributed by atoms with van der Waals surface area (Å²) in [5, 5.41) is 22.0. The summed E-state index contributed by atoms with van der Waals surface area (Å²) >= 11 is 0. The average Bonchev–Trinajstić information content (AvgIpc) is 3.27. The molecule has 1 unspecified atom stereocenters. The number of aromatic nitrogens is 4. The summed E-state index contributed by atoms with van der Waals surface area (Å²) in [6.45, 7) is 2.67. The number of imidazole rings is 1. The van der Waals surface area contributed by atoms with Gasteiger partial charge in [0.15, 0.2) is 6.17 Å². The molecule has 0 amide bonds. The van der Waals surface area contributed by atoms with Gasteiger partial charge in [-0.25, -0.2) is 9.37 Å². The topological polar surface area (TPSA) is 85.1 Å². The first kappa shape index (κ1) is 18.1. The smallest absolute Gasteiger partial charge is 0.233 e. The fourth-order valence-corrected chi connectivity index (χ4v) is 4.29. The van der Waals surface area contributed by atoms with E-state index in [1.807, 2.05) is 13.0 Å². The second kappa shape index (κ2) is 6.81. The number of fused-ring (bicyclic) bond motifs is 3. The molecular formula is C21H22FN5O2. The Hall–Kier alpha value is -3.00. The van der Waals surface area contributed by atoms with Crippen molar-refractivity contribution in [2.75, 3.05) is 6.54 Å². The van der Waals surface area contributed by atoms with Gasteiger partial charge in [0, 0.05) is 42.6 Å². The predicted molar refractivity (Wildman–Crippen MR) is 105 cm³/mol. The summed E-state index contributed by atoms with van der Waals surface area (Å²) in [6, 6.07) is 8.69. The molecule has 2 bridgehead atoms. The molecule has 150 valence electrons. The van der Waals surface area contributed by atoms with Gasteiger partial charge in [0.1, 0.15) is 11.9 Å². The zero-order valence-corrected chi connectivity index (χ0v) is 16.0. The lowest BCUT2D eigenvalue weighted by molar-refractivity contribution is -0.0729. The molecule has 3 aliphatic rings. The number of nitrogens with one attached hydrogen (secondary N) is 1. The van der Waals surface area contributed by atoms with Crippen LogP contribution in [0.25, 0.3) is 16.9 Å². The van der Waals surface area contributed by atoms with E-state index in [1.165, 1.54) is 0 Å². The minimum absolute atomic E-state index is 0.0894. The highest BCUT2D eigenvalue weighted by atomic mass is 19.1. The van der Waals surface area contributed by atoms with Gasteiger partial charge in [-0.15, -0.1) is 10.2 Å². The van der Waals surface area contributed by atoms with Gasteiger partial charge in [-0.1, -0.05) is 0 Å². The highest BCUT2D eigenvalue weighted by Crippen LogP contribution is 2.40. The molecule has 2 aromatic heterocycles. The number of halogens is 1. The number of phenols is 1. The number of hydrogen-bond donors (Lipinski definition) is 2. The van der Waals surface area contributed by atoms with E-state index >= 15 is 0 Å². The van der Waals surface area contributed by atoms with Crippen molar-refractivity contribution in [3.63, 3.8) is 0 Å². The quantitative estimate of drug-likeness (QED) is 0.707. The zero-order chi connectivity index (χ0) is 20.0. The Morgan fingerprint density at radius 1 is 1.28 bits per heavy atom. The van der Waals surface area contributed by atoms with Gasteiger partial charge in [-0.05, 0) is 38.0 Å². The van der Waals surface area contributed by atoms with Crippen LogP contribution in [0, 0.1) is 5.92 Å². The van der Waals surface area contributed by atoms with E-state index < -0.39 is 17.8 Å². The van der Waals surface area contributed by atoms with Crippen molar-refractivity contribution in [2.24, 2.45) is 5.92 Å². The molecule has 3 fully saturated rings. The van der Waals surface area contributed by atoms with E-state index in [9.17, 15) is 9.50 Å². The van der Waals surface area contributed by atoms with Gasteiger partial charge in [0.25, 0.3) is 0 Å². The molecule has 1 saturated carbocycles. The highest BCUT2D eigenvalue weighted by molar-refractivity contribution is 5.68. The minimum Gasteiger partial charge on any atom is -0.507 e. The molecule has 0 radical (unpaired) electrons. The van der Waals surface area contributed by atoms with Crippen molar-refractivity contribution in [1.29, 1.82) is 0 Å². The molecule has 1 aliphatic carbocycles. The van der Waals surface area contributed by atoms with E-state index in [1.54, 1.807) is 47.6 Å². The fourth-order valence-electron chi connectivity index (χ4n) is 4.29. The Balaban J connectivity index is 1.34. The third kappa shape index (κ3) is 3.13. The lowest BCUT2D eigenvalue weighted by Crippen LogP contribution is -2.68. The molecule has 0 spiro atoms. The van der Waals surface area contributed by atoms with E-state index in [4.69, 9.17) is 4.74 Å². The van der Waals surface area contributed by atoms with Crippen molar-refractivity contribution in [3.05, 3.63) is 49.1 Å². The van der Waals surface area contributed by atoms with Crippen LogP contribution in [0.4, 0.5) is 4.39 Å². The number of phenolic OH excluding ortho intramolecular Hbond substituents is 1. The summed E-state index contributed by atoms with van der Waals surface area (Å²) in [7, 11) is 0. The Morgan fingerprint density at radius 3 is 2.83 bits per heavy atom. The van der Waals surface area contributed by atoms with Crippen LogP contribution in [0.3, 0.4) is 0 Å². The Labute approximate surface area is 167 Å². The maximum atomic E-state index is 14.9. The van der Waals surface area contributed by atoms with Crippen LogP contribution in [0.1, 0.15) is 19.8 Å². The van der Waals surface area contributed by atoms with Crippen molar-refractivity contribution < 1.29 is 14.2 Å². The summed E-state index contributed by atoms with van der Waals surface area (Å²) in [6.07, 6.45) is 5.29. The number of aromatic hydroxyl groups is 1. The monoisotopic (exact) mass is 395 g/mol. The Bertz CT molecular complexity index is 1000. The van der Waals surface area contributed by atoms with Gasteiger partial charge >= 0.3 is 0 Å². The van der Waals surface area contributed by atoms with Crippen molar-refractivity contribution in [1.82, 2.24) is 25.1 Å². The Morgan fingerprint density at radius 2 is 2.17 bits per heavy atom. The standard InChI is InChI=1S/C21H22FN5O2/c1-21-7-6-13(11-24-21)19(20(21)22)29-18-5-4-16(25-26-18)15-3-2-14(10-17(15)28)27-9-8-23-12-27/h2-5,8-10,12-13,19-20,24,28H,6-7,11H2,1H3/t13?,19-,20+,21-/m1/s1. The molecule has 8 heteroatoms. The number of alkyl halides is 1. The van der Waals surface area contributed by atoms with Crippen LogP contribution in [0.15, 0.2) is 49.1 Å². The molecule has 2 aliphatic heterocycles. The van der Waals surface area contributed by atoms with Crippen molar-refractivity contribution >= 4 is 0 Å². The zero-order valence-electron chi connectivity index (χ0n) is 16.0. The van der Waals surface area contributed by atoms with Gasteiger partial charge in [0.2, 0.25) is 5.88 Å². The summed E-state index contributed by atoms with van der Waals surface area (Å²) in [4.78, 5) is 4.00. The molecule has 3 aromatic rings. The van der Waals surface area contributed by atoms with Crippen molar-refractivity contribution in [2.45, 2.75) is 37.6 Å². The lowest BCUT2D eigenvalue weighted by Gasteiger charge is -2.51. The third-order valence-electron chi connectivity index (χ3n) is 6.12. The molecule has 2 saturated heterocycles. The molecule has 4 heterocycles. The summed E-state index contributed by atoms with van der Waals surface area (Å²) in [5.74, 6) is 0.520. The third-order valence-corrected chi connectivity index (χ3v) is 6.12. The normalized spacial score (nSPS) is 28.4. The van der Waals surface area contributed by atoms with Gasteiger partial charge < -0.3 is 19.7 Å². The highest BCUT2D eigenvalue weighted by Gasteiger charge is 2.52. The van der Waals surface area contributed by atoms with E-state index in [0.29, 0.717) is 17.1 Å². The SMILES string of the molecule is C[C@]12CCC(CN1)[C@@H](Oc1ccc(-c3ccc(-n4ccnc4)cc3O)nn1)[C@@H]2F. The fraction of sp³-hybridized carbons (Fsp3) is 0.381.